The molecule has 1 unspecified atom stereocenters. The molecule has 46 heavy (non-hydrogen) atoms. The van der Waals surface area contributed by atoms with Crippen LogP contribution in [-0.2, 0) is 34.3 Å². The second-order valence-corrected chi connectivity index (χ2v) is 13.1. The first kappa shape index (κ1) is 35.7. The first-order chi connectivity index (χ1) is 21.8. The number of piperidine rings is 1. The predicted molar refractivity (Wildman–Crippen MR) is 170 cm³/mol. The molecule has 1 fully saturated rings. The fourth-order valence-corrected chi connectivity index (χ4v) is 7.14. The number of nitrogens with zero attached hydrogens (tertiary/aromatic N) is 2. The fourth-order valence-electron chi connectivity index (χ4n) is 6.08. The zero-order chi connectivity index (χ0) is 33.6. The van der Waals surface area contributed by atoms with Crippen LogP contribution in [0, 0.1) is 0 Å². The molecule has 1 atom stereocenters. The number of fused-ring (bicyclic) bond motifs is 2. The van der Waals surface area contributed by atoms with E-state index in [4.69, 9.17) is 28.5 Å². The van der Waals surface area contributed by atoms with Gasteiger partial charge in [-0.1, -0.05) is 0 Å². The van der Waals surface area contributed by atoms with Crippen molar-refractivity contribution < 1.29 is 47.8 Å². The summed E-state index contributed by atoms with van der Waals surface area (Å²) in [6, 6.07) is 10.3. The van der Waals surface area contributed by atoms with E-state index in [1.54, 1.807) is 36.4 Å². The van der Waals surface area contributed by atoms with Gasteiger partial charge in [-0.15, -0.1) is 0 Å². The molecule has 0 aromatic heterocycles. The average Bonchev–Trinajstić information content (AvgIpc) is 2.98. The molecule has 2 aliphatic heterocycles. The number of esters is 2. The lowest BCUT2D eigenvalue weighted by atomic mass is 9.79. The highest BCUT2D eigenvalue weighted by molar-refractivity contribution is 7.43. The summed E-state index contributed by atoms with van der Waals surface area (Å²) in [6.45, 7) is 13.8. The molecule has 2 aliphatic rings. The Balaban J connectivity index is 1.49. The van der Waals surface area contributed by atoms with Crippen LogP contribution < -0.4 is 14.2 Å². The van der Waals surface area contributed by atoms with Crippen molar-refractivity contribution >= 4 is 26.4 Å². The quantitative estimate of drug-likeness (QED) is 0.0894. The number of hydrogen-bond acceptors (Lipinski definition) is 11. The van der Waals surface area contributed by atoms with Gasteiger partial charge in [0.25, 0.3) is 8.53 Å². The molecule has 2 aromatic carbocycles. The monoisotopic (exact) mass is 660 g/mol. The number of benzene rings is 2. The molecule has 0 radical (unpaired) electrons. The smallest absolute Gasteiger partial charge is 0.308 e. The molecule has 252 valence electrons. The fraction of sp³-hybridized carbons (Fsp3) is 0.545. The van der Waals surface area contributed by atoms with Crippen molar-refractivity contribution in [3.8, 4) is 23.0 Å². The molecule has 0 saturated carbocycles. The zero-order valence-electron chi connectivity index (χ0n) is 27.6. The molecule has 1 amide bonds. The highest BCUT2D eigenvalue weighted by atomic mass is 31.2. The van der Waals surface area contributed by atoms with Gasteiger partial charge in [0.15, 0.2) is 0 Å². The van der Waals surface area contributed by atoms with E-state index in [2.05, 4.69) is 0 Å². The van der Waals surface area contributed by atoms with Gasteiger partial charge in [-0.25, -0.2) is 9.56 Å². The topological polar surface area (TPSA) is 133 Å². The second kappa shape index (κ2) is 15.6. The van der Waals surface area contributed by atoms with Crippen molar-refractivity contribution in [3.05, 3.63) is 47.5 Å². The average molecular weight is 661 g/mol. The van der Waals surface area contributed by atoms with Gasteiger partial charge in [0, 0.05) is 75.3 Å². The van der Waals surface area contributed by atoms with Gasteiger partial charge in [0.1, 0.15) is 28.6 Å². The highest BCUT2D eigenvalue weighted by Gasteiger charge is 2.44. The normalized spacial score (nSPS) is 16.5. The Labute approximate surface area is 271 Å². The van der Waals surface area contributed by atoms with Gasteiger partial charge >= 0.3 is 11.9 Å². The summed E-state index contributed by atoms with van der Waals surface area (Å²) < 4.78 is 30.6. The molecule has 2 aromatic rings. The van der Waals surface area contributed by atoms with Crippen molar-refractivity contribution in [2.24, 2.45) is 0 Å². The predicted octanol–water partition coefficient (Wildman–Crippen LogP) is 5.98. The molecule has 1 N–H and O–H groups in total. The van der Waals surface area contributed by atoms with Gasteiger partial charge in [-0.3, -0.25) is 14.4 Å². The summed E-state index contributed by atoms with van der Waals surface area (Å²) >= 11 is 0. The Morgan fingerprint density at radius 3 is 1.93 bits per heavy atom. The minimum atomic E-state index is -1.89. The van der Waals surface area contributed by atoms with Crippen LogP contribution in [0.5, 0.6) is 23.0 Å². The van der Waals surface area contributed by atoms with Gasteiger partial charge in [-0.05, 0) is 78.1 Å². The number of hydrogen-bond donors (Lipinski definition) is 1. The van der Waals surface area contributed by atoms with Crippen LogP contribution in [0.15, 0.2) is 36.4 Å². The summed E-state index contributed by atoms with van der Waals surface area (Å²) in [5.74, 6) is 0.440. The van der Waals surface area contributed by atoms with Crippen molar-refractivity contribution in [2.45, 2.75) is 97.9 Å². The van der Waals surface area contributed by atoms with E-state index in [0.717, 1.165) is 0 Å². The molecule has 12 nitrogen and oxygen atoms in total. The van der Waals surface area contributed by atoms with Gasteiger partial charge < -0.3 is 28.7 Å². The Bertz CT molecular complexity index is 1320. The Kier molecular flexibility index (Phi) is 12.2. The van der Waals surface area contributed by atoms with E-state index in [1.165, 1.54) is 13.8 Å². The SMILES string of the molecule is CCOC1(CCC(=O)N2CCC(OOP(O)N(C(C)C)C(C)C)CC2)c2ccc(OC(C)=O)cc2Oc2cc(OC(C)=O)ccc21. The molecule has 2 heterocycles. The maximum absolute atomic E-state index is 13.6. The standard InChI is InChI=1S/C33H45N2O10P/c1-8-40-33(16-13-32(38)34-17-14-25(15-18-34)44-45-46(39)35(21(2)3)22(4)5)28-11-9-26(41-23(6)36)19-30(28)43-31-20-27(42-24(7)37)10-12-29(31)33/h9-12,19-22,25,39H,8,13-18H2,1-7H3. The maximum Gasteiger partial charge on any atom is 0.308 e. The molecular weight excluding hydrogens is 615 g/mol. The maximum atomic E-state index is 13.6. The van der Waals surface area contributed by atoms with E-state index in [-0.39, 0.29) is 30.5 Å². The molecule has 0 spiro atoms. The van der Waals surface area contributed by atoms with E-state index in [0.29, 0.717) is 73.1 Å². The highest BCUT2D eigenvalue weighted by Crippen LogP contribution is 2.53. The second-order valence-electron chi connectivity index (χ2n) is 11.9. The van der Waals surface area contributed by atoms with Crippen LogP contribution in [-0.4, -0.2) is 70.2 Å². The van der Waals surface area contributed by atoms with Crippen molar-refractivity contribution in [2.75, 3.05) is 19.7 Å². The zero-order valence-corrected chi connectivity index (χ0v) is 28.5. The summed E-state index contributed by atoms with van der Waals surface area (Å²) in [5.41, 5.74) is 0.308. The lowest BCUT2D eigenvalue weighted by Crippen LogP contribution is -2.42. The first-order valence-electron chi connectivity index (χ1n) is 15.7. The molecule has 0 bridgehead atoms. The Morgan fingerprint density at radius 2 is 1.48 bits per heavy atom. The van der Waals surface area contributed by atoms with Crippen LogP contribution >= 0.6 is 8.53 Å². The van der Waals surface area contributed by atoms with E-state index >= 15 is 0 Å². The molecule has 1 saturated heterocycles. The van der Waals surface area contributed by atoms with Gasteiger partial charge in [0.2, 0.25) is 5.91 Å². The van der Waals surface area contributed by atoms with Crippen LogP contribution in [0.2, 0.25) is 0 Å². The molecule has 4 rings (SSSR count). The van der Waals surface area contributed by atoms with Crippen LogP contribution in [0.25, 0.3) is 0 Å². The summed E-state index contributed by atoms with van der Waals surface area (Å²) in [7, 11) is -1.89. The number of rotatable bonds is 13. The number of ether oxygens (including phenoxy) is 4. The van der Waals surface area contributed by atoms with Crippen LogP contribution in [0.3, 0.4) is 0 Å². The third-order valence-corrected chi connectivity index (χ3v) is 9.44. The van der Waals surface area contributed by atoms with Crippen LogP contribution in [0.1, 0.15) is 85.3 Å². The molecular formula is C33H45N2O10P. The largest absolute Gasteiger partial charge is 0.456 e. The Hall–Kier alpha value is -3.12. The minimum Gasteiger partial charge on any atom is -0.456 e. The summed E-state index contributed by atoms with van der Waals surface area (Å²) in [5, 5.41) is 0. The van der Waals surface area contributed by atoms with E-state index in [1.807, 2.05) is 44.2 Å². The van der Waals surface area contributed by atoms with E-state index in [9.17, 15) is 19.3 Å². The Morgan fingerprint density at radius 1 is 0.957 bits per heavy atom. The first-order valence-corrected chi connectivity index (χ1v) is 16.9. The van der Waals surface area contributed by atoms with Crippen molar-refractivity contribution in [1.29, 1.82) is 0 Å². The summed E-state index contributed by atoms with van der Waals surface area (Å²) in [4.78, 5) is 54.8. The van der Waals surface area contributed by atoms with Gasteiger partial charge in [-0.2, -0.15) is 4.67 Å². The number of carbonyl (C=O) groups excluding carboxylic acids is 3. The van der Waals surface area contributed by atoms with Crippen LogP contribution in [0.4, 0.5) is 0 Å². The third-order valence-electron chi connectivity index (χ3n) is 7.90. The number of likely N-dealkylation sites (tertiary alicyclic amines) is 1. The lowest BCUT2D eigenvalue weighted by Gasteiger charge is -2.40. The third kappa shape index (κ3) is 8.42. The molecule has 13 heteroatoms. The van der Waals surface area contributed by atoms with Gasteiger partial charge in [0.05, 0.1) is 6.10 Å². The molecule has 0 aliphatic carbocycles. The van der Waals surface area contributed by atoms with E-state index < -0.39 is 26.1 Å². The minimum absolute atomic E-state index is 0.0312. The van der Waals surface area contributed by atoms with Crippen molar-refractivity contribution in [1.82, 2.24) is 9.57 Å². The van der Waals surface area contributed by atoms with Crippen molar-refractivity contribution in [3.63, 3.8) is 0 Å². The summed E-state index contributed by atoms with van der Waals surface area (Å²) in [6.07, 6.45) is 1.40. The number of amides is 1. The number of carbonyl (C=O) groups is 3. The lowest BCUT2D eigenvalue weighted by molar-refractivity contribution is -0.257.